The first-order valence-corrected chi connectivity index (χ1v) is 4.24. The molecular formula is C10H11O3P. The van der Waals surface area contributed by atoms with Crippen LogP contribution in [0.1, 0.15) is 12.5 Å². The third-order valence-corrected chi connectivity index (χ3v) is 1.38. The van der Waals surface area contributed by atoms with Gasteiger partial charge in [0, 0.05) is 6.92 Å². The number of carbonyl (C=O) groups is 1. The topological polar surface area (TPSA) is 43.4 Å². The van der Waals surface area contributed by atoms with Crippen LogP contribution in [-0.4, -0.2) is 5.97 Å². The predicted octanol–water partition coefficient (Wildman–Crippen LogP) is 2.73. The summed E-state index contributed by atoms with van der Waals surface area (Å²) >= 11 is 0. The Labute approximate surface area is 85.0 Å². The summed E-state index contributed by atoms with van der Waals surface area (Å²) in [5.41, 5.74) is 1.01. The number of hydrogen-bond donors (Lipinski definition) is 0. The number of esters is 1. The minimum Gasteiger partial charge on any atom is -0.427 e. The third-order valence-electron chi connectivity index (χ3n) is 1.38. The zero-order valence-electron chi connectivity index (χ0n) is 7.82. The van der Waals surface area contributed by atoms with Crippen LogP contribution in [0.15, 0.2) is 30.8 Å². The first kappa shape index (κ1) is 12.5. The van der Waals surface area contributed by atoms with Gasteiger partial charge in [0.15, 0.2) is 0 Å². The lowest BCUT2D eigenvalue weighted by molar-refractivity contribution is -0.131. The van der Waals surface area contributed by atoms with E-state index in [-0.39, 0.29) is 5.97 Å². The van der Waals surface area contributed by atoms with E-state index in [2.05, 4.69) is 6.58 Å². The van der Waals surface area contributed by atoms with Crippen LogP contribution >= 0.6 is 9.12 Å². The van der Waals surface area contributed by atoms with Gasteiger partial charge < -0.3 is 4.74 Å². The first-order valence-electron chi connectivity index (χ1n) is 3.83. The molecule has 0 spiro atoms. The molecular weight excluding hydrogens is 199 g/mol. The normalized spacial score (nSPS) is 8.07. The van der Waals surface area contributed by atoms with Gasteiger partial charge in [-0.1, -0.05) is 24.8 Å². The predicted molar refractivity (Wildman–Crippen MR) is 56.8 cm³/mol. The van der Waals surface area contributed by atoms with Gasteiger partial charge in [0.2, 0.25) is 0 Å². The van der Waals surface area contributed by atoms with Crippen LogP contribution in [0.3, 0.4) is 0 Å². The molecule has 0 atom stereocenters. The molecule has 0 fully saturated rings. The summed E-state index contributed by atoms with van der Waals surface area (Å²) in [5, 5.41) is 0. The van der Waals surface area contributed by atoms with Gasteiger partial charge in [0.25, 0.3) is 0 Å². The Hall–Kier alpha value is -1.47. The molecule has 1 aromatic rings. The highest BCUT2D eigenvalue weighted by Gasteiger charge is 1.95. The van der Waals surface area contributed by atoms with E-state index in [9.17, 15) is 4.79 Å². The molecule has 0 aromatic heterocycles. The minimum absolute atomic E-state index is 0.304. The van der Waals surface area contributed by atoms with Crippen molar-refractivity contribution in [3.05, 3.63) is 36.4 Å². The van der Waals surface area contributed by atoms with Crippen LogP contribution in [-0.2, 0) is 9.36 Å². The lowest BCUT2D eigenvalue weighted by Gasteiger charge is -1.99. The number of benzene rings is 1. The second-order valence-electron chi connectivity index (χ2n) is 2.37. The Kier molecular flexibility index (Phi) is 6.25. The maximum absolute atomic E-state index is 10.5. The van der Waals surface area contributed by atoms with Gasteiger partial charge in [-0.05, 0) is 17.7 Å². The SMILES string of the molecule is C=Cc1ccc(OC(C)=O)cc1.O=P. The van der Waals surface area contributed by atoms with Crippen LogP contribution in [0.2, 0.25) is 0 Å². The van der Waals surface area contributed by atoms with Crippen molar-refractivity contribution in [2.45, 2.75) is 6.92 Å². The van der Waals surface area contributed by atoms with Gasteiger partial charge in [0.05, 0.1) is 0 Å². The van der Waals surface area contributed by atoms with Crippen molar-refractivity contribution in [2.24, 2.45) is 0 Å². The highest BCUT2D eigenvalue weighted by molar-refractivity contribution is 7.00. The minimum atomic E-state index is -0.304. The van der Waals surface area contributed by atoms with Crippen molar-refractivity contribution < 1.29 is 14.1 Å². The van der Waals surface area contributed by atoms with E-state index in [1.54, 1.807) is 27.3 Å². The van der Waals surface area contributed by atoms with E-state index in [1.807, 2.05) is 12.1 Å². The molecule has 1 rings (SSSR count). The Bertz CT molecular complexity index is 306. The van der Waals surface area contributed by atoms with Crippen molar-refractivity contribution >= 4 is 21.2 Å². The second kappa shape index (κ2) is 6.98. The average molecular weight is 210 g/mol. The Balaban J connectivity index is 0.000000791. The second-order valence-corrected chi connectivity index (χ2v) is 2.37. The van der Waals surface area contributed by atoms with Gasteiger partial charge in [-0.3, -0.25) is 9.36 Å². The molecule has 0 radical (unpaired) electrons. The monoisotopic (exact) mass is 210 g/mol. The van der Waals surface area contributed by atoms with Crippen molar-refractivity contribution in [1.82, 2.24) is 0 Å². The smallest absolute Gasteiger partial charge is 0.308 e. The largest absolute Gasteiger partial charge is 0.427 e. The van der Waals surface area contributed by atoms with E-state index >= 15 is 0 Å². The van der Waals surface area contributed by atoms with Crippen molar-refractivity contribution in [3.8, 4) is 5.75 Å². The maximum Gasteiger partial charge on any atom is 0.308 e. The molecule has 0 aliphatic heterocycles. The zero-order chi connectivity index (χ0) is 11.0. The summed E-state index contributed by atoms with van der Waals surface area (Å²) in [6, 6.07) is 7.15. The Morgan fingerprint density at radius 1 is 1.36 bits per heavy atom. The van der Waals surface area contributed by atoms with E-state index in [1.165, 1.54) is 6.92 Å². The fourth-order valence-electron chi connectivity index (χ4n) is 0.838. The van der Waals surface area contributed by atoms with E-state index < -0.39 is 0 Å². The molecule has 74 valence electrons. The molecule has 0 amide bonds. The Morgan fingerprint density at radius 2 is 1.86 bits per heavy atom. The molecule has 4 heteroatoms. The van der Waals surface area contributed by atoms with Crippen LogP contribution < -0.4 is 4.74 Å². The highest BCUT2D eigenvalue weighted by atomic mass is 31.0. The molecule has 0 saturated carbocycles. The summed E-state index contributed by atoms with van der Waals surface area (Å²) < 4.78 is 12.9. The molecule has 0 aliphatic carbocycles. The fraction of sp³-hybridized carbons (Fsp3) is 0.100. The highest BCUT2D eigenvalue weighted by Crippen LogP contribution is 2.12. The van der Waals surface area contributed by atoms with Gasteiger partial charge >= 0.3 is 5.97 Å². The summed E-state index contributed by atoms with van der Waals surface area (Å²) in [5.74, 6) is 0.259. The molecule has 14 heavy (non-hydrogen) atoms. The van der Waals surface area contributed by atoms with Gasteiger partial charge in [0.1, 0.15) is 14.9 Å². The van der Waals surface area contributed by atoms with E-state index in [0.717, 1.165) is 5.56 Å². The number of rotatable bonds is 2. The first-order chi connectivity index (χ1) is 6.72. The third kappa shape index (κ3) is 4.53. The lowest BCUT2D eigenvalue weighted by Crippen LogP contribution is -2.00. The van der Waals surface area contributed by atoms with Crippen molar-refractivity contribution in [2.75, 3.05) is 0 Å². The van der Waals surface area contributed by atoms with Crippen molar-refractivity contribution in [1.29, 1.82) is 0 Å². The maximum atomic E-state index is 10.5. The van der Waals surface area contributed by atoms with Crippen LogP contribution in [0.4, 0.5) is 0 Å². The summed E-state index contributed by atoms with van der Waals surface area (Å²) in [7, 11) is 1.72. The van der Waals surface area contributed by atoms with Crippen LogP contribution in [0.5, 0.6) is 5.75 Å². The van der Waals surface area contributed by atoms with Crippen molar-refractivity contribution in [3.63, 3.8) is 0 Å². The lowest BCUT2D eigenvalue weighted by atomic mass is 10.2. The molecule has 0 heterocycles. The molecule has 0 saturated heterocycles. The number of ether oxygens (including phenoxy) is 1. The molecule has 0 unspecified atom stereocenters. The van der Waals surface area contributed by atoms with E-state index in [4.69, 9.17) is 9.30 Å². The number of hydrogen-bond acceptors (Lipinski definition) is 3. The average Bonchev–Trinajstić information content (AvgIpc) is 2.21. The quantitative estimate of drug-likeness (QED) is 0.428. The summed E-state index contributed by atoms with van der Waals surface area (Å²) in [6.07, 6.45) is 1.73. The van der Waals surface area contributed by atoms with Crippen LogP contribution in [0, 0.1) is 0 Å². The van der Waals surface area contributed by atoms with Crippen LogP contribution in [0.25, 0.3) is 6.08 Å². The van der Waals surface area contributed by atoms with Gasteiger partial charge in [-0.15, -0.1) is 0 Å². The summed E-state index contributed by atoms with van der Waals surface area (Å²) in [4.78, 5) is 10.5. The molecule has 3 nitrogen and oxygen atoms in total. The molecule has 0 aliphatic rings. The zero-order valence-corrected chi connectivity index (χ0v) is 8.82. The molecule has 0 bridgehead atoms. The molecule has 1 aromatic carbocycles. The fourth-order valence-corrected chi connectivity index (χ4v) is 0.838. The number of carbonyl (C=O) groups excluding carboxylic acids is 1. The standard InChI is InChI=1S/C10H10O2.HOP/c1-3-9-4-6-10(7-5-9)12-8(2)11;1-2/h3-7H,1H2,2H3;2H. The van der Waals surface area contributed by atoms with Gasteiger partial charge in [-0.25, -0.2) is 0 Å². The molecule has 0 N–H and O–H groups in total. The summed E-state index contributed by atoms with van der Waals surface area (Å²) in [6.45, 7) is 4.99. The van der Waals surface area contributed by atoms with E-state index in [0.29, 0.717) is 5.75 Å². The Morgan fingerprint density at radius 3 is 2.21 bits per heavy atom. The van der Waals surface area contributed by atoms with Gasteiger partial charge in [-0.2, -0.15) is 0 Å².